The van der Waals surface area contributed by atoms with E-state index in [2.05, 4.69) is 22.9 Å². The molecular formula is C23H32N2O2. The van der Waals surface area contributed by atoms with Crippen molar-refractivity contribution in [1.82, 2.24) is 9.88 Å². The van der Waals surface area contributed by atoms with Crippen molar-refractivity contribution in [2.75, 3.05) is 19.6 Å². The minimum atomic E-state index is -0.0234. The summed E-state index contributed by atoms with van der Waals surface area (Å²) in [5, 5.41) is 1.78. The van der Waals surface area contributed by atoms with Crippen molar-refractivity contribution >= 4 is 10.8 Å². The number of H-pyrrole nitrogens is 1. The van der Waals surface area contributed by atoms with E-state index in [4.69, 9.17) is 4.74 Å². The molecule has 0 bridgehead atoms. The van der Waals surface area contributed by atoms with Crippen molar-refractivity contribution in [3.8, 4) is 5.75 Å². The molecule has 2 heterocycles. The van der Waals surface area contributed by atoms with E-state index in [-0.39, 0.29) is 11.7 Å². The van der Waals surface area contributed by atoms with E-state index in [1.165, 1.54) is 38.6 Å². The molecule has 2 aromatic rings. The van der Waals surface area contributed by atoms with Gasteiger partial charge >= 0.3 is 0 Å². The average molecular weight is 369 g/mol. The number of nitrogens with zero attached hydrogens (tertiary/aromatic N) is 1. The minimum absolute atomic E-state index is 0.0234. The first-order chi connectivity index (χ1) is 13.2. The van der Waals surface area contributed by atoms with Gasteiger partial charge in [0, 0.05) is 31.2 Å². The largest absolute Gasteiger partial charge is 0.490 e. The number of benzene rings is 1. The van der Waals surface area contributed by atoms with E-state index in [0.29, 0.717) is 0 Å². The fraction of sp³-hybridized carbons (Fsp3) is 0.609. The van der Waals surface area contributed by atoms with Crippen molar-refractivity contribution in [2.24, 2.45) is 5.92 Å². The Balaban J connectivity index is 1.36. The third-order valence-electron chi connectivity index (χ3n) is 6.42. The van der Waals surface area contributed by atoms with Gasteiger partial charge in [0.25, 0.3) is 5.56 Å². The Kier molecular flexibility index (Phi) is 5.82. The number of hydrogen-bond acceptors (Lipinski definition) is 3. The highest BCUT2D eigenvalue weighted by molar-refractivity contribution is 5.85. The molecule has 1 aromatic carbocycles. The molecule has 4 nitrogen and oxygen atoms in total. The van der Waals surface area contributed by atoms with E-state index < -0.39 is 0 Å². The van der Waals surface area contributed by atoms with E-state index >= 15 is 0 Å². The van der Waals surface area contributed by atoms with Crippen molar-refractivity contribution in [3.05, 3.63) is 40.3 Å². The third-order valence-corrected chi connectivity index (χ3v) is 6.42. The van der Waals surface area contributed by atoms with Crippen LogP contribution in [0.3, 0.4) is 0 Å². The number of aromatic nitrogens is 1. The molecule has 0 atom stereocenters. The van der Waals surface area contributed by atoms with Crippen molar-refractivity contribution in [3.63, 3.8) is 0 Å². The molecular weight excluding hydrogens is 336 g/mol. The standard InChI is InChI=1S/C23H32N2O2/c1-2-18-15-24-23(26)21-9-8-20(14-22(18)21)27-19-10-12-25(13-11-19)16-17-6-4-3-5-7-17/h8-9,14-15,17,19H,2-7,10-13,16H2,1H3,(H,24,26). The van der Waals surface area contributed by atoms with Gasteiger partial charge in [0.15, 0.2) is 0 Å². The van der Waals surface area contributed by atoms with Gasteiger partial charge < -0.3 is 14.6 Å². The number of aryl methyl sites for hydroxylation is 1. The molecule has 1 saturated carbocycles. The van der Waals surface area contributed by atoms with Crippen LogP contribution >= 0.6 is 0 Å². The summed E-state index contributed by atoms with van der Waals surface area (Å²) in [5.41, 5.74) is 1.14. The van der Waals surface area contributed by atoms with Crippen LogP contribution < -0.4 is 10.3 Å². The Morgan fingerprint density at radius 3 is 2.59 bits per heavy atom. The number of nitrogens with one attached hydrogen (secondary N) is 1. The molecule has 1 N–H and O–H groups in total. The lowest BCUT2D eigenvalue weighted by molar-refractivity contribution is 0.0864. The maximum atomic E-state index is 12.0. The van der Waals surface area contributed by atoms with Gasteiger partial charge in [0.2, 0.25) is 0 Å². The van der Waals surface area contributed by atoms with E-state index in [9.17, 15) is 4.79 Å². The predicted octanol–water partition coefficient (Wildman–Crippen LogP) is 4.51. The highest BCUT2D eigenvalue weighted by Crippen LogP contribution is 2.27. The van der Waals surface area contributed by atoms with Crippen molar-refractivity contribution in [2.45, 2.75) is 64.4 Å². The lowest BCUT2D eigenvalue weighted by atomic mass is 9.88. The Morgan fingerprint density at radius 2 is 1.85 bits per heavy atom. The van der Waals surface area contributed by atoms with Crippen LogP contribution in [0.15, 0.2) is 29.2 Å². The summed E-state index contributed by atoms with van der Waals surface area (Å²) in [6.07, 6.45) is 12.3. The van der Waals surface area contributed by atoms with Gasteiger partial charge in [-0.15, -0.1) is 0 Å². The number of fused-ring (bicyclic) bond motifs is 1. The number of rotatable bonds is 5. The number of pyridine rings is 1. The van der Waals surface area contributed by atoms with Crippen LogP contribution in [0.5, 0.6) is 5.75 Å². The number of likely N-dealkylation sites (tertiary alicyclic amines) is 1. The van der Waals surface area contributed by atoms with Crippen LogP contribution in [0.2, 0.25) is 0 Å². The molecule has 4 heteroatoms. The van der Waals surface area contributed by atoms with Crippen LogP contribution in [0, 0.1) is 5.92 Å². The monoisotopic (exact) mass is 368 g/mol. The zero-order valence-corrected chi connectivity index (χ0v) is 16.5. The smallest absolute Gasteiger partial charge is 0.255 e. The molecule has 27 heavy (non-hydrogen) atoms. The van der Waals surface area contributed by atoms with Gasteiger partial charge in [-0.1, -0.05) is 26.2 Å². The minimum Gasteiger partial charge on any atom is -0.490 e. The third kappa shape index (κ3) is 4.37. The number of ether oxygens (including phenoxy) is 1. The van der Waals surface area contributed by atoms with Gasteiger partial charge in [0.05, 0.1) is 0 Å². The van der Waals surface area contributed by atoms with Crippen LogP contribution in [0.1, 0.15) is 57.4 Å². The first-order valence-corrected chi connectivity index (χ1v) is 10.8. The summed E-state index contributed by atoms with van der Waals surface area (Å²) >= 11 is 0. The molecule has 146 valence electrons. The summed E-state index contributed by atoms with van der Waals surface area (Å²) in [7, 11) is 0. The van der Waals surface area contributed by atoms with Crippen LogP contribution in [-0.4, -0.2) is 35.6 Å². The zero-order valence-electron chi connectivity index (χ0n) is 16.5. The second-order valence-corrected chi connectivity index (χ2v) is 8.33. The first kappa shape index (κ1) is 18.5. The SMILES string of the molecule is CCc1c[nH]c(=O)c2ccc(OC3CCN(CC4CCCCC4)CC3)cc12. The summed E-state index contributed by atoms with van der Waals surface area (Å²) in [4.78, 5) is 17.5. The number of hydrogen-bond donors (Lipinski definition) is 1. The normalized spacial score (nSPS) is 20.2. The van der Waals surface area contributed by atoms with Crippen LogP contribution in [-0.2, 0) is 6.42 Å². The van der Waals surface area contributed by atoms with E-state index in [1.807, 2.05) is 18.3 Å². The van der Waals surface area contributed by atoms with Gasteiger partial charge in [-0.05, 0) is 67.2 Å². The number of aromatic amines is 1. The van der Waals surface area contributed by atoms with E-state index in [1.54, 1.807) is 0 Å². The lowest BCUT2D eigenvalue weighted by Crippen LogP contribution is -2.40. The molecule has 2 fully saturated rings. The van der Waals surface area contributed by atoms with Crippen LogP contribution in [0.4, 0.5) is 0 Å². The molecule has 4 rings (SSSR count). The quantitative estimate of drug-likeness (QED) is 0.844. The molecule has 0 unspecified atom stereocenters. The highest BCUT2D eigenvalue weighted by atomic mass is 16.5. The first-order valence-electron chi connectivity index (χ1n) is 10.8. The molecule has 1 aliphatic heterocycles. The Labute approximate surface area is 161 Å². The Bertz CT molecular complexity index is 815. The van der Waals surface area contributed by atoms with Gasteiger partial charge in [-0.25, -0.2) is 0 Å². The average Bonchev–Trinajstić information content (AvgIpc) is 2.71. The zero-order chi connectivity index (χ0) is 18.6. The molecule has 1 saturated heterocycles. The Morgan fingerprint density at radius 1 is 1.07 bits per heavy atom. The lowest BCUT2D eigenvalue weighted by Gasteiger charge is -2.35. The summed E-state index contributed by atoms with van der Waals surface area (Å²) < 4.78 is 6.30. The van der Waals surface area contributed by atoms with Gasteiger partial charge in [-0.3, -0.25) is 4.79 Å². The maximum Gasteiger partial charge on any atom is 0.255 e. The van der Waals surface area contributed by atoms with Crippen molar-refractivity contribution < 1.29 is 4.74 Å². The van der Waals surface area contributed by atoms with Crippen LogP contribution in [0.25, 0.3) is 10.8 Å². The molecule has 1 aromatic heterocycles. The summed E-state index contributed by atoms with van der Waals surface area (Å²) in [6, 6.07) is 5.91. The number of piperidine rings is 1. The van der Waals surface area contributed by atoms with Gasteiger partial charge in [-0.2, -0.15) is 0 Å². The Hall–Kier alpha value is -1.81. The maximum absolute atomic E-state index is 12.0. The predicted molar refractivity (Wildman–Crippen MR) is 111 cm³/mol. The molecule has 0 spiro atoms. The molecule has 1 aliphatic carbocycles. The molecule has 0 amide bonds. The summed E-state index contributed by atoms with van der Waals surface area (Å²) in [5.74, 6) is 1.82. The highest BCUT2D eigenvalue weighted by Gasteiger charge is 2.23. The van der Waals surface area contributed by atoms with Crippen molar-refractivity contribution in [1.29, 1.82) is 0 Å². The topological polar surface area (TPSA) is 45.3 Å². The fourth-order valence-corrected chi connectivity index (χ4v) is 4.80. The molecule has 0 radical (unpaired) electrons. The summed E-state index contributed by atoms with van der Waals surface area (Å²) in [6.45, 7) is 5.69. The molecule has 2 aliphatic rings. The second kappa shape index (κ2) is 8.47. The van der Waals surface area contributed by atoms with Gasteiger partial charge in [0.1, 0.15) is 11.9 Å². The van der Waals surface area contributed by atoms with E-state index in [0.717, 1.165) is 60.4 Å². The second-order valence-electron chi connectivity index (χ2n) is 8.33. The fourth-order valence-electron chi connectivity index (χ4n) is 4.80.